The third-order valence-corrected chi connectivity index (χ3v) is 3.24. The predicted octanol–water partition coefficient (Wildman–Crippen LogP) is 3.20. The highest BCUT2D eigenvalue weighted by Gasteiger charge is 2.07. The fourth-order valence-electron chi connectivity index (χ4n) is 1.93. The average molecular weight is 294 g/mol. The minimum absolute atomic E-state index is 0.354. The van der Waals surface area contributed by atoms with Gasteiger partial charge in [-0.15, -0.1) is 0 Å². The van der Waals surface area contributed by atoms with Gasteiger partial charge in [-0.2, -0.15) is 5.10 Å². The molecule has 5 heteroatoms. The van der Waals surface area contributed by atoms with E-state index in [1.807, 2.05) is 35.1 Å². The van der Waals surface area contributed by atoms with Gasteiger partial charge in [-0.05, 0) is 56.6 Å². The second-order valence-electron chi connectivity index (χ2n) is 4.96. The first-order valence-corrected chi connectivity index (χ1v) is 7.13. The molecule has 1 aromatic carbocycles. The summed E-state index contributed by atoms with van der Waals surface area (Å²) in [4.78, 5) is 0. The van der Waals surface area contributed by atoms with Crippen molar-refractivity contribution in [1.82, 2.24) is 9.78 Å². The van der Waals surface area contributed by atoms with Crippen LogP contribution in [-0.2, 0) is 13.0 Å². The van der Waals surface area contributed by atoms with E-state index in [0.29, 0.717) is 24.2 Å². The maximum atomic E-state index is 6.00. The van der Waals surface area contributed by atoms with Crippen molar-refractivity contribution in [3.05, 3.63) is 46.7 Å². The first-order valence-electron chi connectivity index (χ1n) is 6.75. The first kappa shape index (κ1) is 14.9. The predicted molar refractivity (Wildman–Crippen MR) is 81.2 cm³/mol. The lowest BCUT2D eigenvalue weighted by Gasteiger charge is -2.10. The van der Waals surface area contributed by atoms with Gasteiger partial charge in [0.15, 0.2) is 0 Å². The highest BCUT2D eigenvalue weighted by atomic mass is 35.5. The summed E-state index contributed by atoms with van der Waals surface area (Å²) < 4.78 is 7.75. The highest BCUT2D eigenvalue weighted by molar-refractivity contribution is 6.30. The standard InChI is InChI=1S/C15H20ClN3O/c1-11(2)19-8-6-14(18-19)10-20-15-4-3-13(16)9-12(15)5-7-17/h3-4,6,8-9,11H,5,7,10,17H2,1-2H3. The minimum Gasteiger partial charge on any atom is -0.487 e. The van der Waals surface area contributed by atoms with E-state index in [1.165, 1.54) is 0 Å². The SMILES string of the molecule is CC(C)n1ccc(COc2ccc(Cl)cc2CCN)n1. The number of nitrogens with zero attached hydrogens (tertiary/aromatic N) is 2. The molecular weight excluding hydrogens is 274 g/mol. The van der Waals surface area contributed by atoms with Gasteiger partial charge in [0.25, 0.3) is 0 Å². The fraction of sp³-hybridized carbons (Fsp3) is 0.400. The molecule has 1 heterocycles. The Morgan fingerprint density at radius 2 is 2.15 bits per heavy atom. The van der Waals surface area contributed by atoms with Crippen molar-refractivity contribution < 1.29 is 4.74 Å². The summed E-state index contributed by atoms with van der Waals surface area (Å²) in [5, 5.41) is 5.16. The lowest BCUT2D eigenvalue weighted by molar-refractivity contribution is 0.295. The number of benzene rings is 1. The third-order valence-electron chi connectivity index (χ3n) is 3.00. The molecule has 0 saturated carbocycles. The van der Waals surface area contributed by atoms with E-state index in [9.17, 15) is 0 Å². The maximum absolute atomic E-state index is 6.00. The van der Waals surface area contributed by atoms with Gasteiger partial charge in [0, 0.05) is 17.3 Å². The van der Waals surface area contributed by atoms with Crippen LogP contribution in [0.1, 0.15) is 31.1 Å². The number of ether oxygens (including phenoxy) is 1. The van der Waals surface area contributed by atoms with Gasteiger partial charge in [0.1, 0.15) is 12.4 Å². The fourth-order valence-corrected chi connectivity index (χ4v) is 2.13. The van der Waals surface area contributed by atoms with Gasteiger partial charge in [0.05, 0.1) is 5.69 Å². The molecule has 0 aliphatic carbocycles. The Morgan fingerprint density at radius 1 is 1.35 bits per heavy atom. The molecule has 0 saturated heterocycles. The Morgan fingerprint density at radius 3 is 2.80 bits per heavy atom. The smallest absolute Gasteiger partial charge is 0.132 e. The molecule has 108 valence electrons. The van der Waals surface area contributed by atoms with E-state index in [1.54, 1.807) is 0 Å². The van der Waals surface area contributed by atoms with Crippen molar-refractivity contribution in [2.24, 2.45) is 5.73 Å². The van der Waals surface area contributed by atoms with Crippen LogP contribution in [-0.4, -0.2) is 16.3 Å². The van der Waals surface area contributed by atoms with Crippen LogP contribution in [0.25, 0.3) is 0 Å². The molecule has 0 spiro atoms. The molecule has 0 unspecified atom stereocenters. The highest BCUT2D eigenvalue weighted by Crippen LogP contribution is 2.24. The summed E-state index contributed by atoms with van der Waals surface area (Å²) in [7, 11) is 0. The third kappa shape index (κ3) is 3.74. The van der Waals surface area contributed by atoms with Crippen molar-refractivity contribution in [3.63, 3.8) is 0 Å². The molecule has 2 aromatic rings. The van der Waals surface area contributed by atoms with Crippen molar-refractivity contribution in [2.75, 3.05) is 6.54 Å². The Hall–Kier alpha value is -1.52. The van der Waals surface area contributed by atoms with Crippen LogP contribution in [0.4, 0.5) is 0 Å². The van der Waals surface area contributed by atoms with Crippen molar-refractivity contribution in [3.8, 4) is 5.75 Å². The molecule has 0 radical (unpaired) electrons. The average Bonchev–Trinajstić information content (AvgIpc) is 2.87. The number of rotatable bonds is 6. The second kappa shape index (κ2) is 6.77. The van der Waals surface area contributed by atoms with Crippen LogP contribution < -0.4 is 10.5 Å². The van der Waals surface area contributed by atoms with Crippen LogP contribution in [0.5, 0.6) is 5.75 Å². The Balaban J connectivity index is 2.06. The molecule has 1 aromatic heterocycles. The zero-order valence-corrected chi connectivity index (χ0v) is 12.6. The molecule has 0 bridgehead atoms. The molecule has 0 aliphatic heterocycles. The van der Waals surface area contributed by atoms with Crippen LogP contribution in [0.3, 0.4) is 0 Å². The van der Waals surface area contributed by atoms with Gasteiger partial charge in [-0.1, -0.05) is 11.6 Å². The van der Waals surface area contributed by atoms with E-state index in [-0.39, 0.29) is 0 Å². The normalized spacial score (nSPS) is 11.1. The van der Waals surface area contributed by atoms with E-state index in [0.717, 1.165) is 23.4 Å². The maximum Gasteiger partial charge on any atom is 0.132 e. The van der Waals surface area contributed by atoms with Crippen LogP contribution in [0.2, 0.25) is 5.02 Å². The Labute approximate surface area is 124 Å². The molecule has 20 heavy (non-hydrogen) atoms. The van der Waals surface area contributed by atoms with E-state index < -0.39 is 0 Å². The summed E-state index contributed by atoms with van der Waals surface area (Å²) >= 11 is 6.00. The minimum atomic E-state index is 0.354. The van der Waals surface area contributed by atoms with Gasteiger partial charge < -0.3 is 10.5 Å². The summed E-state index contributed by atoms with van der Waals surface area (Å²) in [5.41, 5.74) is 7.55. The first-order chi connectivity index (χ1) is 9.60. The molecule has 0 fully saturated rings. The Bertz CT molecular complexity index is 566. The topological polar surface area (TPSA) is 53.1 Å². The molecule has 4 nitrogen and oxygen atoms in total. The van der Waals surface area contributed by atoms with E-state index in [4.69, 9.17) is 22.1 Å². The second-order valence-corrected chi connectivity index (χ2v) is 5.40. The monoisotopic (exact) mass is 293 g/mol. The molecule has 2 rings (SSSR count). The number of halogens is 1. The van der Waals surface area contributed by atoms with Crippen molar-refractivity contribution >= 4 is 11.6 Å². The van der Waals surface area contributed by atoms with Crippen molar-refractivity contribution in [1.29, 1.82) is 0 Å². The molecule has 0 aliphatic rings. The summed E-state index contributed by atoms with van der Waals surface area (Å²) in [6.07, 6.45) is 2.71. The largest absolute Gasteiger partial charge is 0.487 e. The van der Waals surface area contributed by atoms with Gasteiger partial charge in [0.2, 0.25) is 0 Å². The molecule has 2 N–H and O–H groups in total. The number of hydrogen-bond donors (Lipinski definition) is 1. The summed E-state index contributed by atoms with van der Waals surface area (Å²) in [5.74, 6) is 0.818. The molecule has 0 amide bonds. The number of nitrogens with two attached hydrogens (primary N) is 1. The molecule has 0 atom stereocenters. The van der Waals surface area contributed by atoms with Crippen LogP contribution >= 0.6 is 11.6 Å². The lowest BCUT2D eigenvalue weighted by atomic mass is 10.1. The summed E-state index contributed by atoms with van der Waals surface area (Å²) in [6, 6.07) is 7.93. The van der Waals surface area contributed by atoms with Crippen LogP contribution in [0.15, 0.2) is 30.5 Å². The Kier molecular flexibility index (Phi) is 5.04. The van der Waals surface area contributed by atoms with E-state index in [2.05, 4.69) is 18.9 Å². The zero-order valence-electron chi connectivity index (χ0n) is 11.8. The number of aromatic nitrogens is 2. The summed E-state index contributed by atoms with van der Waals surface area (Å²) in [6.45, 7) is 5.20. The van der Waals surface area contributed by atoms with Crippen molar-refractivity contribution in [2.45, 2.75) is 32.9 Å². The van der Waals surface area contributed by atoms with Gasteiger partial charge >= 0.3 is 0 Å². The zero-order chi connectivity index (χ0) is 14.5. The van der Waals surface area contributed by atoms with Gasteiger partial charge in [-0.25, -0.2) is 0 Å². The number of hydrogen-bond acceptors (Lipinski definition) is 3. The van der Waals surface area contributed by atoms with Gasteiger partial charge in [-0.3, -0.25) is 4.68 Å². The quantitative estimate of drug-likeness (QED) is 0.890. The molecular formula is C15H20ClN3O. The van der Waals surface area contributed by atoms with Crippen LogP contribution in [0, 0.1) is 0 Å². The lowest BCUT2D eigenvalue weighted by Crippen LogP contribution is -2.06. The van der Waals surface area contributed by atoms with E-state index >= 15 is 0 Å².